The molecule has 1 nitrogen and oxygen atoms in total. The first-order valence-corrected chi connectivity index (χ1v) is 7.29. The van der Waals surface area contributed by atoms with E-state index < -0.39 is 0 Å². The first-order valence-electron chi connectivity index (χ1n) is 5.62. The van der Waals surface area contributed by atoms with Gasteiger partial charge in [-0.15, -0.1) is 11.3 Å². The Hall–Kier alpha value is 0.140. The number of halogens is 1. The second-order valence-corrected chi connectivity index (χ2v) is 6.60. The van der Waals surface area contributed by atoms with Crippen molar-refractivity contribution in [3.63, 3.8) is 0 Å². The van der Waals surface area contributed by atoms with Crippen molar-refractivity contribution in [2.24, 2.45) is 11.8 Å². The second-order valence-electron chi connectivity index (χ2n) is 4.75. The Morgan fingerprint density at radius 1 is 1.53 bits per heavy atom. The normalized spacial score (nSPS) is 25.6. The average Bonchev–Trinajstić information content (AvgIpc) is 2.48. The Bertz CT molecular complexity index is 315. The van der Waals surface area contributed by atoms with Crippen molar-refractivity contribution in [2.45, 2.75) is 39.3 Å². The summed E-state index contributed by atoms with van der Waals surface area (Å²) in [5, 5.41) is 5.77. The van der Waals surface area contributed by atoms with Gasteiger partial charge in [-0.1, -0.05) is 13.8 Å². The van der Waals surface area contributed by atoms with Crippen LogP contribution in [-0.2, 0) is 6.54 Å². The molecular formula is C12H18BrNS. The lowest BCUT2D eigenvalue weighted by Crippen LogP contribution is -2.42. The van der Waals surface area contributed by atoms with Crippen LogP contribution in [0.1, 0.15) is 31.6 Å². The third kappa shape index (κ3) is 2.83. The van der Waals surface area contributed by atoms with Crippen molar-refractivity contribution < 1.29 is 0 Å². The third-order valence-electron chi connectivity index (χ3n) is 3.36. The van der Waals surface area contributed by atoms with E-state index in [-0.39, 0.29) is 0 Å². The summed E-state index contributed by atoms with van der Waals surface area (Å²) in [5.41, 5.74) is 0. The maximum Gasteiger partial charge on any atom is 0.0327 e. The molecule has 2 rings (SSSR count). The van der Waals surface area contributed by atoms with E-state index >= 15 is 0 Å². The van der Waals surface area contributed by atoms with Gasteiger partial charge in [0.15, 0.2) is 0 Å². The summed E-state index contributed by atoms with van der Waals surface area (Å²) in [4.78, 5) is 1.42. The number of hydrogen-bond acceptors (Lipinski definition) is 2. The highest BCUT2D eigenvalue weighted by atomic mass is 79.9. The minimum absolute atomic E-state index is 0.756. The quantitative estimate of drug-likeness (QED) is 0.882. The molecule has 0 aliphatic heterocycles. The highest BCUT2D eigenvalue weighted by Gasteiger charge is 2.30. The highest BCUT2D eigenvalue weighted by Crippen LogP contribution is 2.34. The van der Waals surface area contributed by atoms with Gasteiger partial charge in [0.2, 0.25) is 0 Å². The Balaban J connectivity index is 1.71. The maximum atomic E-state index is 3.63. The summed E-state index contributed by atoms with van der Waals surface area (Å²) in [7, 11) is 0. The van der Waals surface area contributed by atoms with Crippen LogP contribution in [-0.4, -0.2) is 6.04 Å². The average molecular weight is 288 g/mol. The van der Waals surface area contributed by atoms with Gasteiger partial charge in [0.25, 0.3) is 0 Å². The van der Waals surface area contributed by atoms with Crippen LogP contribution in [0.25, 0.3) is 0 Å². The number of nitrogens with one attached hydrogen (secondary N) is 1. The molecule has 1 N–H and O–H groups in total. The molecular weight excluding hydrogens is 270 g/mol. The van der Waals surface area contributed by atoms with Crippen LogP contribution in [0.4, 0.5) is 0 Å². The molecule has 0 spiro atoms. The molecule has 1 saturated carbocycles. The number of thiophene rings is 1. The van der Waals surface area contributed by atoms with Crippen molar-refractivity contribution in [1.29, 1.82) is 0 Å². The van der Waals surface area contributed by atoms with E-state index in [1.54, 1.807) is 0 Å². The van der Waals surface area contributed by atoms with Gasteiger partial charge in [-0.2, -0.15) is 0 Å². The van der Waals surface area contributed by atoms with Crippen molar-refractivity contribution >= 4 is 27.3 Å². The van der Waals surface area contributed by atoms with Gasteiger partial charge in [0.05, 0.1) is 0 Å². The first-order chi connectivity index (χ1) is 7.16. The fourth-order valence-electron chi connectivity index (χ4n) is 2.06. The van der Waals surface area contributed by atoms with Crippen molar-refractivity contribution in [3.05, 3.63) is 20.8 Å². The molecule has 1 aliphatic rings. The highest BCUT2D eigenvalue weighted by molar-refractivity contribution is 9.10. The fourth-order valence-corrected chi connectivity index (χ4v) is 3.50. The number of hydrogen-bond donors (Lipinski definition) is 1. The minimum Gasteiger partial charge on any atom is -0.309 e. The molecule has 0 bridgehead atoms. The molecule has 0 aromatic carbocycles. The molecule has 1 heterocycles. The van der Waals surface area contributed by atoms with Gasteiger partial charge in [-0.3, -0.25) is 0 Å². The summed E-state index contributed by atoms with van der Waals surface area (Å²) in [6.07, 6.45) is 2.72. The Kier molecular flexibility index (Phi) is 3.86. The predicted octanol–water partition coefficient (Wildman–Crippen LogP) is 4.03. The van der Waals surface area contributed by atoms with Crippen LogP contribution < -0.4 is 5.32 Å². The lowest BCUT2D eigenvalue weighted by Gasteiger charge is -2.38. The van der Waals surface area contributed by atoms with Crippen LogP contribution in [0.2, 0.25) is 0 Å². The SMILES string of the molecule is CC(C)C1CC(NCc2sccc2Br)C1. The third-order valence-corrected chi connectivity index (χ3v) is 5.29. The molecule has 1 aromatic heterocycles. The zero-order valence-corrected chi connectivity index (χ0v) is 11.7. The Labute approximate surface area is 104 Å². The zero-order chi connectivity index (χ0) is 10.8. The first kappa shape index (κ1) is 11.6. The van der Waals surface area contributed by atoms with Crippen LogP contribution in [0, 0.1) is 11.8 Å². The van der Waals surface area contributed by atoms with Gasteiger partial charge >= 0.3 is 0 Å². The molecule has 0 atom stereocenters. The van der Waals surface area contributed by atoms with Gasteiger partial charge in [-0.25, -0.2) is 0 Å². The van der Waals surface area contributed by atoms with E-state index in [0.717, 1.165) is 24.4 Å². The molecule has 15 heavy (non-hydrogen) atoms. The topological polar surface area (TPSA) is 12.0 Å². The summed E-state index contributed by atoms with van der Waals surface area (Å²) in [6.45, 7) is 5.68. The minimum atomic E-state index is 0.756. The fraction of sp³-hybridized carbons (Fsp3) is 0.667. The molecule has 1 fully saturated rings. The summed E-state index contributed by atoms with van der Waals surface area (Å²) in [5.74, 6) is 1.81. The second kappa shape index (κ2) is 4.98. The van der Waals surface area contributed by atoms with Crippen molar-refractivity contribution in [1.82, 2.24) is 5.32 Å². The smallest absolute Gasteiger partial charge is 0.0327 e. The zero-order valence-electron chi connectivity index (χ0n) is 9.29. The summed E-state index contributed by atoms with van der Waals surface area (Å²) in [6, 6.07) is 2.88. The van der Waals surface area contributed by atoms with Gasteiger partial charge in [-0.05, 0) is 52.1 Å². The predicted molar refractivity (Wildman–Crippen MR) is 70.2 cm³/mol. The standard InChI is InChI=1S/C12H18BrNS/c1-8(2)9-5-10(6-9)14-7-12-11(13)3-4-15-12/h3-4,8-10,14H,5-7H2,1-2H3. The molecule has 84 valence electrons. The van der Waals surface area contributed by atoms with E-state index in [1.807, 2.05) is 11.3 Å². The van der Waals surface area contributed by atoms with Gasteiger partial charge < -0.3 is 5.32 Å². The van der Waals surface area contributed by atoms with E-state index in [2.05, 4.69) is 46.5 Å². The Morgan fingerprint density at radius 2 is 2.27 bits per heavy atom. The lowest BCUT2D eigenvalue weighted by atomic mass is 9.74. The molecule has 0 radical (unpaired) electrons. The van der Waals surface area contributed by atoms with Crippen molar-refractivity contribution in [2.75, 3.05) is 0 Å². The monoisotopic (exact) mass is 287 g/mol. The summed E-state index contributed by atoms with van der Waals surface area (Å²) >= 11 is 5.39. The van der Waals surface area contributed by atoms with E-state index in [0.29, 0.717) is 0 Å². The molecule has 0 saturated heterocycles. The van der Waals surface area contributed by atoms with E-state index in [9.17, 15) is 0 Å². The van der Waals surface area contributed by atoms with Gasteiger partial charge in [0, 0.05) is 21.9 Å². The van der Waals surface area contributed by atoms with Crippen LogP contribution in [0.5, 0.6) is 0 Å². The van der Waals surface area contributed by atoms with Crippen LogP contribution in [0.3, 0.4) is 0 Å². The van der Waals surface area contributed by atoms with Crippen LogP contribution in [0.15, 0.2) is 15.9 Å². The van der Waals surface area contributed by atoms with Crippen molar-refractivity contribution in [3.8, 4) is 0 Å². The van der Waals surface area contributed by atoms with Crippen LogP contribution >= 0.6 is 27.3 Å². The largest absolute Gasteiger partial charge is 0.309 e. The lowest BCUT2D eigenvalue weighted by molar-refractivity contribution is 0.168. The van der Waals surface area contributed by atoms with E-state index in [4.69, 9.17) is 0 Å². The molecule has 0 unspecified atom stereocenters. The molecule has 1 aromatic rings. The van der Waals surface area contributed by atoms with E-state index in [1.165, 1.54) is 22.2 Å². The molecule has 0 amide bonds. The molecule has 1 aliphatic carbocycles. The van der Waals surface area contributed by atoms with Gasteiger partial charge in [0.1, 0.15) is 0 Å². The molecule has 3 heteroatoms. The Morgan fingerprint density at radius 3 is 2.80 bits per heavy atom. The summed E-state index contributed by atoms with van der Waals surface area (Å²) < 4.78 is 1.25. The number of rotatable bonds is 4. The maximum absolute atomic E-state index is 3.63.